The molecule has 0 N–H and O–H groups in total. The average Bonchev–Trinajstić information content (AvgIpc) is 3.15. The van der Waals surface area contributed by atoms with Crippen molar-refractivity contribution in [2.75, 3.05) is 0 Å². The van der Waals surface area contributed by atoms with Crippen LogP contribution in [0.25, 0.3) is 10.9 Å². The Labute approximate surface area is 136 Å². The summed E-state index contributed by atoms with van der Waals surface area (Å²) in [5.74, 6) is 0.548. The lowest BCUT2D eigenvalue weighted by molar-refractivity contribution is 0.203. The molecule has 0 amide bonds. The highest BCUT2D eigenvalue weighted by atomic mass is 19.1. The van der Waals surface area contributed by atoms with Crippen molar-refractivity contribution in [2.45, 2.75) is 6.10 Å². The van der Waals surface area contributed by atoms with Gasteiger partial charge in [0.05, 0.1) is 23.6 Å². The molecule has 3 heterocycles. The van der Waals surface area contributed by atoms with Gasteiger partial charge in [-0.05, 0) is 36.4 Å². The number of aromatic nitrogens is 3. The van der Waals surface area contributed by atoms with Crippen molar-refractivity contribution < 1.29 is 13.5 Å². The molecule has 0 bridgehead atoms. The highest BCUT2D eigenvalue weighted by Gasteiger charge is 2.22. The minimum Gasteiger partial charge on any atom is -0.474 e. The van der Waals surface area contributed by atoms with Crippen LogP contribution in [0.4, 0.5) is 4.39 Å². The number of fused-ring (bicyclic) bond motifs is 1. The fourth-order valence-corrected chi connectivity index (χ4v) is 2.41. The van der Waals surface area contributed by atoms with Gasteiger partial charge >= 0.3 is 0 Å². The van der Waals surface area contributed by atoms with Gasteiger partial charge in [0.25, 0.3) is 0 Å². The molecule has 0 aliphatic carbocycles. The number of ether oxygens (including phenoxy) is 1. The molecule has 1 atom stereocenters. The van der Waals surface area contributed by atoms with Gasteiger partial charge in [0, 0.05) is 11.6 Å². The van der Waals surface area contributed by atoms with Gasteiger partial charge < -0.3 is 9.15 Å². The highest BCUT2D eigenvalue weighted by Crippen LogP contribution is 2.28. The largest absolute Gasteiger partial charge is 0.474 e. The van der Waals surface area contributed by atoms with Crippen LogP contribution in [0.15, 0.2) is 71.7 Å². The molecular weight excluding hydrogens is 309 g/mol. The van der Waals surface area contributed by atoms with Crippen LogP contribution in [0.3, 0.4) is 0 Å². The molecule has 5 nitrogen and oxygen atoms in total. The number of pyridine rings is 2. The zero-order valence-corrected chi connectivity index (χ0v) is 12.5. The second-order valence-corrected chi connectivity index (χ2v) is 5.13. The third kappa shape index (κ3) is 2.81. The zero-order valence-electron chi connectivity index (χ0n) is 12.5. The van der Waals surface area contributed by atoms with E-state index in [1.807, 2.05) is 30.3 Å². The summed E-state index contributed by atoms with van der Waals surface area (Å²) in [5, 5.41) is 0.952. The van der Waals surface area contributed by atoms with E-state index in [4.69, 9.17) is 9.15 Å². The Morgan fingerprint density at radius 1 is 1.00 bits per heavy atom. The molecule has 3 aromatic heterocycles. The maximum atomic E-state index is 13.1. The van der Waals surface area contributed by atoms with Gasteiger partial charge in [0.1, 0.15) is 17.8 Å². The van der Waals surface area contributed by atoms with Crippen LogP contribution < -0.4 is 4.74 Å². The number of oxazole rings is 1. The lowest BCUT2D eigenvalue weighted by Crippen LogP contribution is -2.11. The zero-order chi connectivity index (χ0) is 16.4. The molecule has 118 valence electrons. The highest BCUT2D eigenvalue weighted by molar-refractivity contribution is 5.79. The van der Waals surface area contributed by atoms with Crippen molar-refractivity contribution in [3.05, 3.63) is 84.7 Å². The van der Waals surface area contributed by atoms with Crippen LogP contribution in [0, 0.1) is 5.82 Å². The summed E-state index contributed by atoms with van der Waals surface area (Å²) in [4.78, 5) is 12.5. The predicted molar refractivity (Wildman–Crippen MR) is 84.9 cm³/mol. The minimum atomic E-state index is -0.672. The van der Waals surface area contributed by atoms with E-state index >= 15 is 0 Å². The first-order chi connectivity index (χ1) is 11.8. The number of hydrogen-bond donors (Lipinski definition) is 0. The monoisotopic (exact) mass is 321 g/mol. The van der Waals surface area contributed by atoms with Crippen LogP contribution in [-0.2, 0) is 0 Å². The molecule has 0 spiro atoms. The molecule has 0 aliphatic heterocycles. The number of benzene rings is 1. The summed E-state index contributed by atoms with van der Waals surface area (Å²) >= 11 is 0. The van der Waals surface area contributed by atoms with Crippen LogP contribution in [-0.4, -0.2) is 15.0 Å². The van der Waals surface area contributed by atoms with Gasteiger partial charge in [-0.1, -0.05) is 6.07 Å². The van der Waals surface area contributed by atoms with E-state index in [1.165, 1.54) is 18.5 Å². The molecule has 1 aromatic carbocycles. The Bertz CT molecular complexity index is 956. The van der Waals surface area contributed by atoms with Gasteiger partial charge in [0.2, 0.25) is 12.0 Å². The van der Waals surface area contributed by atoms with Crippen molar-refractivity contribution in [3.8, 4) is 5.75 Å². The topological polar surface area (TPSA) is 61.0 Å². The fraction of sp³-hybridized carbons (Fsp3) is 0.0556. The Kier molecular flexibility index (Phi) is 3.63. The summed E-state index contributed by atoms with van der Waals surface area (Å²) in [7, 11) is 0. The van der Waals surface area contributed by atoms with E-state index in [1.54, 1.807) is 12.3 Å². The van der Waals surface area contributed by atoms with Gasteiger partial charge in [-0.2, -0.15) is 0 Å². The summed E-state index contributed by atoms with van der Waals surface area (Å²) in [6.45, 7) is 0. The van der Waals surface area contributed by atoms with Crippen LogP contribution in [0.1, 0.15) is 17.7 Å². The first kappa shape index (κ1) is 14.3. The first-order valence-corrected chi connectivity index (χ1v) is 7.32. The summed E-state index contributed by atoms with van der Waals surface area (Å²) in [6, 6.07) is 12.2. The molecular formula is C18H12FN3O2. The van der Waals surface area contributed by atoms with Gasteiger partial charge in [0.15, 0.2) is 0 Å². The van der Waals surface area contributed by atoms with Crippen molar-refractivity contribution in [1.82, 2.24) is 15.0 Å². The van der Waals surface area contributed by atoms with Gasteiger partial charge in [-0.25, -0.2) is 9.37 Å². The number of hydrogen-bond acceptors (Lipinski definition) is 5. The number of halogens is 1. The number of nitrogens with zero attached hydrogens (tertiary/aromatic N) is 3. The molecule has 0 fully saturated rings. The molecule has 0 saturated heterocycles. The third-order valence-corrected chi connectivity index (χ3v) is 3.52. The standard InChI is InChI=1S/C18H12FN3O2/c19-13-3-5-16(22-11-13)17(18-21-8-9-23-18)24-14-4-6-15-12(10-14)2-1-7-20-15/h1-11,17H. The first-order valence-electron chi connectivity index (χ1n) is 7.32. The van der Waals surface area contributed by atoms with E-state index in [0.29, 0.717) is 17.3 Å². The van der Waals surface area contributed by atoms with E-state index in [-0.39, 0.29) is 0 Å². The Morgan fingerprint density at radius 3 is 2.75 bits per heavy atom. The van der Waals surface area contributed by atoms with E-state index in [0.717, 1.165) is 17.1 Å². The normalized spacial score (nSPS) is 12.2. The fourth-order valence-electron chi connectivity index (χ4n) is 2.41. The van der Waals surface area contributed by atoms with E-state index in [9.17, 15) is 4.39 Å². The molecule has 4 rings (SSSR count). The maximum absolute atomic E-state index is 13.1. The van der Waals surface area contributed by atoms with Crippen molar-refractivity contribution in [1.29, 1.82) is 0 Å². The molecule has 6 heteroatoms. The summed E-state index contributed by atoms with van der Waals surface area (Å²) in [5.41, 5.74) is 1.38. The maximum Gasteiger partial charge on any atom is 0.241 e. The third-order valence-electron chi connectivity index (χ3n) is 3.52. The molecule has 0 radical (unpaired) electrons. The predicted octanol–water partition coefficient (Wildman–Crippen LogP) is 3.93. The minimum absolute atomic E-state index is 0.348. The van der Waals surface area contributed by atoms with Gasteiger partial charge in [-0.3, -0.25) is 9.97 Å². The van der Waals surface area contributed by atoms with Crippen LogP contribution in [0.5, 0.6) is 5.75 Å². The van der Waals surface area contributed by atoms with Crippen molar-refractivity contribution in [3.63, 3.8) is 0 Å². The average molecular weight is 321 g/mol. The van der Waals surface area contributed by atoms with E-state index < -0.39 is 11.9 Å². The summed E-state index contributed by atoms with van der Waals surface area (Å²) in [6.07, 6.45) is 5.19. The Hall–Kier alpha value is -3.28. The molecule has 0 aliphatic rings. The lowest BCUT2D eigenvalue weighted by Gasteiger charge is -2.16. The second-order valence-electron chi connectivity index (χ2n) is 5.13. The second kappa shape index (κ2) is 6.08. The molecule has 24 heavy (non-hydrogen) atoms. The van der Waals surface area contributed by atoms with E-state index in [2.05, 4.69) is 15.0 Å². The van der Waals surface area contributed by atoms with Crippen LogP contribution in [0.2, 0.25) is 0 Å². The molecule has 4 aromatic rings. The van der Waals surface area contributed by atoms with Crippen LogP contribution >= 0.6 is 0 Å². The SMILES string of the molecule is Fc1ccc(C(Oc2ccc3ncccc3c2)c2ncco2)nc1. The number of rotatable bonds is 4. The lowest BCUT2D eigenvalue weighted by atomic mass is 10.2. The van der Waals surface area contributed by atoms with Crippen molar-refractivity contribution >= 4 is 10.9 Å². The van der Waals surface area contributed by atoms with Gasteiger partial charge in [-0.15, -0.1) is 0 Å². The molecule has 1 unspecified atom stereocenters. The molecule has 0 saturated carbocycles. The quantitative estimate of drug-likeness (QED) is 0.570. The summed E-state index contributed by atoms with van der Waals surface area (Å²) < 4.78 is 24.5. The van der Waals surface area contributed by atoms with Crippen molar-refractivity contribution in [2.24, 2.45) is 0 Å². The Morgan fingerprint density at radius 2 is 1.96 bits per heavy atom. The smallest absolute Gasteiger partial charge is 0.241 e. The Balaban J connectivity index is 1.71.